The molecule has 10 nitrogen and oxygen atoms in total. The SMILES string of the molecule is COc1ccc(C(=O)/C(Cc2ccc(C(=O)NCCN3CCOCC3)cc2)=C(/C(=O)O)c2ccc3c(c2)OCO3)cc1. The van der Waals surface area contributed by atoms with Crippen LogP contribution in [0.1, 0.15) is 31.8 Å². The Morgan fingerprint density at radius 1 is 0.881 bits per heavy atom. The number of methoxy groups -OCH3 is 1. The number of morpholine rings is 1. The van der Waals surface area contributed by atoms with Crippen LogP contribution in [-0.4, -0.2) is 81.0 Å². The number of carboxylic acids is 1. The van der Waals surface area contributed by atoms with Gasteiger partial charge in [-0.1, -0.05) is 18.2 Å². The Bertz CT molecular complexity index is 1480. The van der Waals surface area contributed by atoms with Crippen LogP contribution in [0.2, 0.25) is 0 Å². The average molecular weight is 573 g/mol. The van der Waals surface area contributed by atoms with Crippen molar-refractivity contribution in [2.24, 2.45) is 0 Å². The minimum atomic E-state index is -1.25. The number of benzene rings is 3. The van der Waals surface area contributed by atoms with Crippen molar-refractivity contribution in [1.82, 2.24) is 10.2 Å². The first-order valence-corrected chi connectivity index (χ1v) is 13.7. The fraction of sp³-hybridized carbons (Fsp3) is 0.281. The number of hydrogen-bond donors (Lipinski definition) is 2. The highest BCUT2D eigenvalue weighted by molar-refractivity contribution is 6.26. The third-order valence-corrected chi connectivity index (χ3v) is 7.22. The number of carbonyl (C=O) groups is 3. The lowest BCUT2D eigenvalue weighted by atomic mass is 9.89. The summed E-state index contributed by atoms with van der Waals surface area (Å²) in [6.07, 6.45) is 0.0276. The van der Waals surface area contributed by atoms with Gasteiger partial charge in [-0.15, -0.1) is 0 Å². The molecule has 0 unspecified atom stereocenters. The molecular weight excluding hydrogens is 540 g/mol. The number of hydrogen-bond acceptors (Lipinski definition) is 8. The zero-order valence-electron chi connectivity index (χ0n) is 23.3. The van der Waals surface area contributed by atoms with Gasteiger partial charge in [0, 0.05) is 49.3 Å². The van der Waals surface area contributed by atoms with Crippen molar-refractivity contribution in [2.75, 3.05) is 53.3 Å². The molecule has 5 rings (SSSR count). The molecule has 3 aromatic rings. The fourth-order valence-corrected chi connectivity index (χ4v) is 4.91. The second kappa shape index (κ2) is 13.3. The maximum atomic E-state index is 13.8. The molecule has 10 heteroatoms. The zero-order valence-corrected chi connectivity index (χ0v) is 23.3. The van der Waals surface area contributed by atoms with Gasteiger partial charge in [-0.3, -0.25) is 14.5 Å². The molecule has 0 bridgehead atoms. The van der Waals surface area contributed by atoms with E-state index >= 15 is 0 Å². The van der Waals surface area contributed by atoms with Crippen LogP contribution in [0.3, 0.4) is 0 Å². The molecule has 2 heterocycles. The Labute approximate surface area is 243 Å². The number of aliphatic carboxylic acids is 1. The summed E-state index contributed by atoms with van der Waals surface area (Å²) in [5, 5.41) is 13.3. The van der Waals surface area contributed by atoms with Gasteiger partial charge in [-0.05, 0) is 59.7 Å². The summed E-state index contributed by atoms with van der Waals surface area (Å²) in [5.74, 6) is -0.395. The van der Waals surface area contributed by atoms with E-state index in [1.807, 2.05) is 0 Å². The molecule has 2 aliphatic rings. The maximum absolute atomic E-state index is 13.8. The molecule has 1 amide bonds. The number of ether oxygens (including phenoxy) is 4. The lowest BCUT2D eigenvalue weighted by Crippen LogP contribution is -2.41. The standard InChI is InChI=1S/C32H32N2O8/c1-39-25-9-6-22(7-10-25)30(35)26(29(32(37)38)24-8-11-27-28(19-24)42-20-41-27)18-21-2-4-23(5-3-21)31(36)33-12-13-34-14-16-40-17-15-34/h2-11,19H,12-18,20H2,1H3,(H,33,36)(H,37,38)/b29-26+. The summed E-state index contributed by atoms with van der Waals surface area (Å²) >= 11 is 0. The van der Waals surface area contributed by atoms with Crippen LogP contribution in [0.5, 0.6) is 17.2 Å². The lowest BCUT2D eigenvalue weighted by Gasteiger charge is -2.26. The number of Topliss-reactive ketones (excluding diaryl/α,β-unsaturated/α-hetero) is 1. The largest absolute Gasteiger partial charge is 0.497 e. The van der Waals surface area contributed by atoms with Gasteiger partial charge in [0.2, 0.25) is 6.79 Å². The molecule has 0 radical (unpaired) electrons. The molecule has 0 aromatic heterocycles. The average Bonchev–Trinajstić information content (AvgIpc) is 3.49. The van der Waals surface area contributed by atoms with Crippen LogP contribution in [0.15, 0.2) is 72.3 Å². The highest BCUT2D eigenvalue weighted by atomic mass is 16.7. The molecule has 0 atom stereocenters. The third-order valence-electron chi connectivity index (χ3n) is 7.22. The van der Waals surface area contributed by atoms with Gasteiger partial charge in [0.05, 0.1) is 25.9 Å². The lowest BCUT2D eigenvalue weighted by molar-refractivity contribution is -0.130. The monoisotopic (exact) mass is 572 g/mol. The van der Waals surface area contributed by atoms with Gasteiger partial charge in [0.1, 0.15) is 5.75 Å². The van der Waals surface area contributed by atoms with Crippen LogP contribution in [0.4, 0.5) is 0 Å². The summed E-state index contributed by atoms with van der Waals surface area (Å²) in [6.45, 7) is 4.39. The Kier molecular flexibility index (Phi) is 9.15. The van der Waals surface area contributed by atoms with Crippen LogP contribution in [0, 0.1) is 0 Å². The van der Waals surface area contributed by atoms with Gasteiger partial charge in [0.15, 0.2) is 17.3 Å². The van der Waals surface area contributed by atoms with Crippen molar-refractivity contribution < 1.29 is 38.4 Å². The summed E-state index contributed by atoms with van der Waals surface area (Å²) < 4.78 is 21.4. The summed E-state index contributed by atoms with van der Waals surface area (Å²) in [4.78, 5) is 41.4. The van der Waals surface area contributed by atoms with E-state index in [2.05, 4.69) is 10.2 Å². The van der Waals surface area contributed by atoms with E-state index in [0.29, 0.717) is 59.3 Å². The number of fused-ring (bicyclic) bond motifs is 1. The first-order valence-electron chi connectivity index (χ1n) is 13.7. The Balaban J connectivity index is 1.40. The van der Waals surface area contributed by atoms with Gasteiger partial charge < -0.3 is 29.4 Å². The van der Waals surface area contributed by atoms with Crippen LogP contribution in [0.25, 0.3) is 5.57 Å². The van der Waals surface area contributed by atoms with Crippen molar-refractivity contribution in [2.45, 2.75) is 6.42 Å². The van der Waals surface area contributed by atoms with Crippen molar-refractivity contribution in [3.63, 3.8) is 0 Å². The molecule has 42 heavy (non-hydrogen) atoms. The van der Waals surface area contributed by atoms with Crippen molar-refractivity contribution in [3.05, 3.63) is 94.6 Å². The fourth-order valence-electron chi connectivity index (χ4n) is 4.91. The van der Waals surface area contributed by atoms with Crippen molar-refractivity contribution >= 4 is 23.2 Å². The highest BCUT2D eigenvalue weighted by Gasteiger charge is 2.26. The van der Waals surface area contributed by atoms with Crippen LogP contribution in [-0.2, 0) is 16.0 Å². The molecule has 2 N–H and O–H groups in total. The van der Waals surface area contributed by atoms with Crippen molar-refractivity contribution in [3.8, 4) is 17.2 Å². The third kappa shape index (κ3) is 6.79. The van der Waals surface area contributed by atoms with E-state index in [9.17, 15) is 19.5 Å². The number of allylic oxidation sites excluding steroid dienone is 1. The predicted octanol–water partition coefficient (Wildman–Crippen LogP) is 3.45. The summed E-state index contributed by atoms with van der Waals surface area (Å²) in [5.41, 5.74) is 1.74. The topological polar surface area (TPSA) is 124 Å². The van der Waals surface area contributed by atoms with E-state index in [-0.39, 0.29) is 30.3 Å². The maximum Gasteiger partial charge on any atom is 0.336 e. The smallest absolute Gasteiger partial charge is 0.336 e. The molecule has 0 saturated carbocycles. The first-order chi connectivity index (χ1) is 20.4. The van der Waals surface area contributed by atoms with E-state index in [4.69, 9.17) is 18.9 Å². The van der Waals surface area contributed by atoms with Crippen molar-refractivity contribution in [1.29, 1.82) is 0 Å². The summed E-state index contributed by atoms with van der Waals surface area (Å²) in [6, 6.07) is 18.1. The van der Waals surface area contributed by atoms with Gasteiger partial charge >= 0.3 is 5.97 Å². The van der Waals surface area contributed by atoms with E-state index < -0.39 is 11.8 Å². The van der Waals surface area contributed by atoms with Crippen LogP contribution >= 0.6 is 0 Å². The van der Waals surface area contributed by atoms with Crippen LogP contribution < -0.4 is 19.5 Å². The number of carbonyl (C=O) groups excluding carboxylic acids is 2. The molecule has 0 aliphatic carbocycles. The second-order valence-electron chi connectivity index (χ2n) is 9.87. The second-order valence-corrected chi connectivity index (χ2v) is 9.87. The number of amides is 1. The number of carboxylic acid groups (broad SMARTS) is 1. The van der Waals surface area contributed by atoms with E-state index in [1.54, 1.807) is 66.7 Å². The van der Waals surface area contributed by atoms with E-state index in [0.717, 1.165) is 19.6 Å². The number of rotatable bonds is 11. The number of nitrogens with one attached hydrogen (secondary N) is 1. The first kappa shape index (κ1) is 28.8. The summed E-state index contributed by atoms with van der Waals surface area (Å²) in [7, 11) is 1.53. The van der Waals surface area contributed by atoms with Gasteiger partial charge in [0.25, 0.3) is 5.91 Å². The Morgan fingerprint density at radius 3 is 2.24 bits per heavy atom. The molecule has 1 saturated heterocycles. The quantitative estimate of drug-likeness (QED) is 0.263. The zero-order chi connectivity index (χ0) is 29.5. The highest BCUT2D eigenvalue weighted by Crippen LogP contribution is 2.36. The molecule has 3 aromatic carbocycles. The molecule has 1 fully saturated rings. The number of ketones is 1. The van der Waals surface area contributed by atoms with E-state index in [1.165, 1.54) is 7.11 Å². The minimum Gasteiger partial charge on any atom is -0.497 e. The Hall–Kier alpha value is -4.67. The predicted molar refractivity (Wildman–Crippen MR) is 154 cm³/mol. The minimum absolute atomic E-state index is 0.0276. The number of nitrogens with zero attached hydrogens (tertiary/aromatic N) is 1. The molecule has 2 aliphatic heterocycles. The normalized spacial score (nSPS) is 15.1. The van der Waals surface area contributed by atoms with Gasteiger partial charge in [-0.2, -0.15) is 0 Å². The Morgan fingerprint density at radius 2 is 1.55 bits per heavy atom. The van der Waals surface area contributed by atoms with Gasteiger partial charge in [-0.25, -0.2) is 4.79 Å². The molecular formula is C32H32N2O8. The molecule has 0 spiro atoms. The molecule has 218 valence electrons.